The summed E-state index contributed by atoms with van der Waals surface area (Å²) in [6.07, 6.45) is 3.71. The average molecular weight is 324 g/mol. The molecule has 2 aromatic rings. The van der Waals surface area contributed by atoms with Gasteiger partial charge in [0.2, 0.25) is 0 Å². The fourth-order valence-electron chi connectivity index (χ4n) is 2.65. The second kappa shape index (κ2) is 7.59. The van der Waals surface area contributed by atoms with Crippen molar-refractivity contribution in [3.8, 4) is 0 Å². The van der Waals surface area contributed by atoms with Crippen LogP contribution < -0.4 is 10.6 Å². The number of carbonyl (C=O) groups excluding carboxylic acids is 2. The molecule has 0 bridgehead atoms. The van der Waals surface area contributed by atoms with E-state index >= 15 is 0 Å². The highest BCUT2D eigenvalue weighted by atomic mass is 16.2. The SMILES string of the molecule is O=C(NCc1cccc(NC(=O)N2CCCC2)c1)c1ccccn1. The molecule has 2 N–H and O–H groups in total. The van der Waals surface area contributed by atoms with Crippen LogP contribution in [-0.2, 0) is 6.54 Å². The molecule has 0 unspecified atom stereocenters. The van der Waals surface area contributed by atoms with Gasteiger partial charge in [0, 0.05) is 31.5 Å². The first-order chi connectivity index (χ1) is 11.7. The molecule has 1 fully saturated rings. The van der Waals surface area contributed by atoms with Gasteiger partial charge in [-0.2, -0.15) is 0 Å². The molecule has 1 aliphatic rings. The van der Waals surface area contributed by atoms with Gasteiger partial charge in [-0.3, -0.25) is 9.78 Å². The number of rotatable bonds is 4. The summed E-state index contributed by atoms with van der Waals surface area (Å²) < 4.78 is 0. The lowest BCUT2D eigenvalue weighted by Gasteiger charge is -2.16. The van der Waals surface area contributed by atoms with Gasteiger partial charge in [-0.15, -0.1) is 0 Å². The summed E-state index contributed by atoms with van der Waals surface area (Å²) in [6, 6.07) is 12.6. The predicted octanol–water partition coefficient (Wildman–Crippen LogP) is 2.64. The van der Waals surface area contributed by atoms with E-state index in [0.29, 0.717) is 12.2 Å². The Morgan fingerprint density at radius 2 is 1.92 bits per heavy atom. The van der Waals surface area contributed by atoms with Crippen molar-refractivity contribution < 1.29 is 9.59 Å². The Hall–Kier alpha value is -2.89. The fraction of sp³-hybridized carbons (Fsp3) is 0.278. The minimum atomic E-state index is -0.220. The topological polar surface area (TPSA) is 74.3 Å². The monoisotopic (exact) mass is 324 g/mol. The Morgan fingerprint density at radius 3 is 2.67 bits per heavy atom. The van der Waals surface area contributed by atoms with Gasteiger partial charge in [0.1, 0.15) is 5.69 Å². The third-order valence-electron chi connectivity index (χ3n) is 3.92. The van der Waals surface area contributed by atoms with Crippen molar-refractivity contribution in [2.75, 3.05) is 18.4 Å². The predicted molar refractivity (Wildman–Crippen MR) is 91.7 cm³/mol. The van der Waals surface area contributed by atoms with Crippen LogP contribution in [0.1, 0.15) is 28.9 Å². The largest absolute Gasteiger partial charge is 0.347 e. The quantitative estimate of drug-likeness (QED) is 0.908. The third kappa shape index (κ3) is 4.10. The number of benzene rings is 1. The molecule has 6 nitrogen and oxygen atoms in total. The van der Waals surface area contributed by atoms with E-state index in [1.54, 1.807) is 24.4 Å². The van der Waals surface area contributed by atoms with Crippen molar-refractivity contribution in [2.24, 2.45) is 0 Å². The molecule has 0 aliphatic carbocycles. The highest BCUT2D eigenvalue weighted by Crippen LogP contribution is 2.14. The van der Waals surface area contributed by atoms with Gasteiger partial charge in [-0.1, -0.05) is 18.2 Å². The maximum atomic E-state index is 12.1. The fourth-order valence-corrected chi connectivity index (χ4v) is 2.65. The first-order valence-corrected chi connectivity index (χ1v) is 8.06. The summed E-state index contributed by atoms with van der Waals surface area (Å²) in [5.41, 5.74) is 2.03. The van der Waals surface area contributed by atoms with Gasteiger partial charge in [0.25, 0.3) is 5.91 Å². The van der Waals surface area contributed by atoms with Crippen molar-refractivity contribution in [2.45, 2.75) is 19.4 Å². The molecule has 3 rings (SSSR count). The van der Waals surface area contributed by atoms with E-state index in [-0.39, 0.29) is 11.9 Å². The zero-order valence-electron chi connectivity index (χ0n) is 13.4. The summed E-state index contributed by atoms with van der Waals surface area (Å²) in [7, 11) is 0. The molecular weight excluding hydrogens is 304 g/mol. The second-order valence-electron chi connectivity index (χ2n) is 5.72. The zero-order chi connectivity index (χ0) is 16.8. The number of aromatic nitrogens is 1. The van der Waals surface area contributed by atoms with Crippen molar-refractivity contribution in [1.82, 2.24) is 15.2 Å². The number of hydrogen-bond acceptors (Lipinski definition) is 3. The third-order valence-corrected chi connectivity index (χ3v) is 3.92. The van der Waals surface area contributed by atoms with E-state index in [1.807, 2.05) is 29.2 Å². The first-order valence-electron chi connectivity index (χ1n) is 8.06. The van der Waals surface area contributed by atoms with Gasteiger partial charge >= 0.3 is 6.03 Å². The molecule has 1 aromatic carbocycles. The van der Waals surface area contributed by atoms with Gasteiger partial charge < -0.3 is 15.5 Å². The van der Waals surface area contributed by atoms with Crippen LogP contribution in [0.5, 0.6) is 0 Å². The van der Waals surface area contributed by atoms with Crippen LogP contribution in [0.4, 0.5) is 10.5 Å². The summed E-state index contributed by atoms with van der Waals surface area (Å²) in [4.78, 5) is 30.0. The molecule has 6 heteroatoms. The molecular formula is C18H20N4O2. The summed E-state index contributed by atoms with van der Waals surface area (Å²) in [6.45, 7) is 2.00. The minimum absolute atomic E-state index is 0.0674. The number of anilines is 1. The number of carbonyl (C=O) groups is 2. The van der Waals surface area contributed by atoms with E-state index in [2.05, 4.69) is 15.6 Å². The lowest BCUT2D eigenvalue weighted by Crippen LogP contribution is -2.32. The molecule has 24 heavy (non-hydrogen) atoms. The lowest BCUT2D eigenvalue weighted by molar-refractivity contribution is 0.0946. The van der Waals surface area contributed by atoms with Crippen LogP contribution in [0.3, 0.4) is 0 Å². The average Bonchev–Trinajstić information content (AvgIpc) is 3.15. The summed E-state index contributed by atoms with van der Waals surface area (Å²) >= 11 is 0. The molecule has 1 aromatic heterocycles. The number of urea groups is 1. The van der Waals surface area contributed by atoms with Crippen LogP contribution >= 0.6 is 0 Å². The summed E-state index contributed by atoms with van der Waals surface area (Å²) in [5, 5.41) is 5.73. The van der Waals surface area contributed by atoms with E-state index in [9.17, 15) is 9.59 Å². The van der Waals surface area contributed by atoms with E-state index in [1.165, 1.54) is 0 Å². The normalized spacial score (nSPS) is 13.6. The Kier molecular flexibility index (Phi) is 5.05. The lowest BCUT2D eigenvalue weighted by atomic mass is 10.2. The van der Waals surface area contributed by atoms with E-state index in [4.69, 9.17) is 0 Å². The first kappa shape index (κ1) is 16.0. The molecule has 124 valence electrons. The van der Waals surface area contributed by atoms with Crippen molar-refractivity contribution >= 4 is 17.6 Å². The van der Waals surface area contributed by atoms with E-state index < -0.39 is 0 Å². The van der Waals surface area contributed by atoms with Crippen LogP contribution in [0.15, 0.2) is 48.7 Å². The smallest absolute Gasteiger partial charge is 0.321 e. The molecule has 1 saturated heterocycles. The van der Waals surface area contributed by atoms with Crippen molar-refractivity contribution in [1.29, 1.82) is 0 Å². The number of nitrogens with one attached hydrogen (secondary N) is 2. The van der Waals surface area contributed by atoms with Gasteiger partial charge in [0.05, 0.1) is 0 Å². The molecule has 2 heterocycles. The van der Waals surface area contributed by atoms with Crippen LogP contribution in [0.25, 0.3) is 0 Å². The van der Waals surface area contributed by atoms with Gasteiger partial charge in [-0.25, -0.2) is 4.79 Å². The van der Waals surface area contributed by atoms with Crippen molar-refractivity contribution in [3.63, 3.8) is 0 Å². The number of hydrogen-bond donors (Lipinski definition) is 2. The van der Waals surface area contributed by atoms with Crippen LogP contribution in [0, 0.1) is 0 Å². The molecule has 0 spiro atoms. The maximum absolute atomic E-state index is 12.1. The molecule has 1 aliphatic heterocycles. The zero-order valence-corrected chi connectivity index (χ0v) is 13.4. The summed E-state index contributed by atoms with van der Waals surface area (Å²) in [5.74, 6) is -0.220. The number of pyridine rings is 1. The number of nitrogens with zero attached hydrogens (tertiary/aromatic N) is 2. The Bertz CT molecular complexity index is 712. The Balaban J connectivity index is 1.57. The maximum Gasteiger partial charge on any atom is 0.321 e. The Morgan fingerprint density at radius 1 is 1.08 bits per heavy atom. The molecule has 0 radical (unpaired) electrons. The van der Waals surface area contributed by atoms with Crippen molar-refractivity contribution in [3.05, 3.63) is 59.9 Å². The minimum Gasteiger partial charge on any atom is -0.347 e. The van der Waals surface area contributed by atoms with Crippen LogP contribution in [-0.4, -0.2) is 34.9 Å². The number of amides is 3. The standard InChI is InChI=1S/C18H20N4O2/c23-17(16-8-1-2-9-19-16)20-13-14-6-5-7-15(12-14)21-18(24)22-10-3-4-11-22/h1-2,5-9,12H,3-4,10-11,13H2,(H,20,23)(H,21,24). The van der Waals surface area contributed by atoms with Gasteiger partial charge in [0.15, 0.2) is 0 Å². The molecule has 0 atom stereocenters. The highest BCUT2D eigenvalue weighted by Gasteiger charge is 2.17. The number of likely N-dealkylation sites (tertiary alicyclic amines) is 1. The second-order valence-corrected chi connectivity index (χ2v) is 5.72. The van der Waals surface area contributed by atoms with E-state index in [0.717, 1.165) is 37.2 Å². The highest BCUT2D eigenvalue weighted by molar-refractivity contribution is 5.92. The Labute approximate surface area is 140 Å². The molecule has 3 amide bonds. The van der Waals surface area contributed by atoms with Crippen LogP contribution in [0.2, 0.25) is 0 Å². The molecule has 0 saturated carbocycles. The van der Waals surface area contributed by atoms with Gasteiger partial charge in [-0.05, 0) is 42.7 Å².